The molecule has 0 aliphatic carbocycles. The number of anilines is 1. The number of rotatable bonds is 6. The SMILES string of the molecule is CC(=O)c1ccc(O[C@H](C)C(=O)N2CCCc3cc(S(=O)(=O)N4CCCC4)ccc32)cc1. The van der Waals surface area contributed by atoms with Crippen molar-refractivity contribution in [1.82, 2.24) is 4.31 Å². The standard InChI is InChI=1S/C24H28N2O5S/c1-17(27)19-7-9-21(10-8-19)31-18(2)24(28)26-15-5-6-20-16-22(11-12-23(20)26)32(29,30)25-13-3-4-14-25/h7-12,16,18H,3-6,13-15H2,1-2H3/t18-/m1/s1. The average molecular weight is 457 g/mol. The molecule has 0 unspecified atom stereocenters. The van der Waals surface area contributed by atoms with E-state index in [1.807, 2.05) is 0 Å². The Hall–Kier alpha value is -2.71. The number of carbonyl (C=O) groups excluding carboxylic acids is 2. The maximum Gasteiger partial charge on any atom is 0.267 e. The minimum atomic E-state index is -3.50. The highest BCUT2D eigenvalue weighted by Gasteiger charge is 2.31. The van der Waals surface area contributed by atoms with Gasteiger partial charge in [-0.3, -0.25) is 9.59 Å². The second kappa shape index (κ2) is 9.03. The van der Waals surface area contributed by atoms with E-state index in [1.165, 1.54) is 11.2 Å². The number of nitrogens with zero attached hydrogens (tertiary/aromatic N) is 2. The summed E-state index contributed by atoms with van der Waals surface area (Å²) in [5, 5.41) is 0. The molecule has 8 heteroatoms. The Bertz CT molecular complexity index is 1120. The molecular formula is C24H28N2O5S. The van der Waals surface area contributed by atoms with Crippen LogP contribution in [-0.4, -0.2) is 50.2 Å². The van der Waals surface area contributed by atoms with Crippen LogP contribution in [0.1, 0.15) is 49.0 Å². The van der Waals surface area contributed by atoms with Gasteiger partial charge in [0.25, 0.3) is 5.91 Å². The number of amides is 1. The van der Waals surface area contributed by atoms with Gasteiger partial charge in [0.2, 0.25) is 10.0 Å². The molecule has 0 N–H and O–H groups in total. The van der Waals surface area contributed by atoms with E-state index in [-0.39, 0.29) is 11.7 Å². The van der Waals surface area contributed by atoms with Crippen LogP contribution in [0.4, 0.5) is 5.69 Å². The average Bonchev–Trinajstić information content (AvgIpc) is 3.34. The Morgan fingerprint density at radius 3 is 2.31 bits per heavy atom. The van der Waals surface area contributed by atoms with E-state index < -0.39 is 16.1 Å². The number of aryl methyl sites for hydroxylation is 1. The molecule has 1 fully saturated rings. The van der Waals surface area contributed by atoms with Crippen molar-refractivity contribution in [2.45, 2.75) is 50.5 Å². The number of sulfonamides is 1. The molecule has 0 radical (unpaired) electrons. The van der Waals surface area contributed by atoms with Gasteiger partial charge >= 0.3 is 0 Å². The largest absolute Gasteiger partial charge is 0.481 e. The van der Waals surface area contributed by atoms with Crippen LogP contribution < -0.4 is 9.64 Å². The van der Waals surface area contributed by atoms with Crippen LogP contribution in [0.3, 0.4) is 0 Å². The number of hydrogen-bond acceptors (Lipinski definition) is 5. The molecule has 32 heavy (non-hydrogen) atoms. The molecule has 2 aliphatic heterocycles. The van der Waals surface area contributed by atoms with Crippen molar-refractivity contribution in [1.29, 1.82) is 0 Å². The zero-order valence-corrected chi connectivity index (χ0v) is 19.2. The number of ether oxygens (including phenoxy) is 1. The number of ketones is 1. The summed E-state index contributed by atoms with van der Waals surface area (Å²) in [6.45, 7) is 4.87. The fourth-order valence-electron chi connectivity index (χ4n) is 4.28. The number of fused-ring (bicyclic) bond motifs is 1. The Balaban J connectivity index is 1.51. The summed E-state index contributed by atoms with van der Waals surface area (Å²) in [6.07, 6.45) is 2.54. The Kier molecular flexibility index (Phi) is 6.35. The van der Waals surface area contributed by atoms with Crippen molar-refractivity contribution in [3.63, 3.8) is 0 Å². The van der Waals surface area contributed by atoms with Gasteiger partial charge in [-0.15, -0.1) is 0 Å². The number of Topliss-reactive ketones (excluding diaryl/α,β-unsaturated/α-hetero) is 1. The Morgan fingerprint density at radius 1 is 0.969 bits per heavy atom. The predicted octanol–water partition coefficient (Wildman–Crippen LogP) is 3.42. The van der Waals surface area contributed by atoms with Crippen LogP contribution in [0.2, 0.25) is 0 Å². The third-order valence-corrected chi connectivity index (χ3v) is 7.95. The minimum absolute atomic E-state index is 0.0308. The first-order valence-corrected chi connectivity index (χ1v) is 12.4. The van der Waals surface area contributed by atoms with Crippen molar-refractivity contribution >= 4 is 27.4 Å². The summed E-state index contributed by atoms with van der Waals surface area (Å²) in [6, 6.07) is 11.8. The van der Waals surface area contributed by atoms with E-state index >= 15 is 0 Å². The zero-order chi connectivity index (χ0) is 22.9. The fraction of sp³-hybridized carbons (Fsp3) is 0.417. The third-order valence-electron chi connectivity index (χ3n) is 6.06. The maximum atomic E-state index is 13.2. The van der Waals surface area contributed by atoms with Crippen molar-refractivity contribution in [3.8, 4) is 5.75 Å². The molecule has 0 bridgehead atoms. The van der Waals surface area contributed by atoms with Crippen LogP contribution in [-0.2, 0) is 21.2 Å². The van der Waals surface area contributed by atoms with Gasteiger partial charge in [-0.05, 0) is 87.6 Å². The molecular weight excluding hydrogens is 428 g/mol. The van der Waals surface area contributed by atoms with E-state index in [0.717, 1.165) is 36.9 Å². The minimum Gasteiger partial charge on any atom is -0.481 e. The van der Waals surface area contributed by atoms with E-state index in [1.54, 1.807) is 54.3 Å². The Morgan fingerprint density at radius 2 is 1.66 bits per heavy atom. The van der Waals surface area contributed by atoms with Gasteiger partial charge < -0.3 is 9.64 Å². The second-order valence-electron chi connectivity index (χ2n) is 8.34. The molecule has 2 heterocycles. The molecule has 2 aromatic rings. The maximum absolute atomic E-state index is 13.2. The lowest BCUT2D eigenvalue weighted by Crippen LogP contribution is -2.43. The molecule has 0 spiro atoms. The van der Waals surface area contributed by atoms with Gasteiger partial charge in [0.15, 0.2) is 11.9 Å². The zero-order valence-electron chi connectivity index (χ0n) is 18.4. The highest BCUT2D eigenvalue weighted by molar-refractivity contribution is 7.89. The molecule has 7 nitrogen and oxygen atoms in total. The van der Waals surface area contributed by atoms with Crippen molar-refractivity contribution < 1.29 is 22.7 Å². The summed E-state index contributed by atoms with van der Waals surface area (Å²) in [7, 11) is -3.50. The smallest absolute Gasteiger partial charge is 0.267 e. The van der Waals surface area contributed by atoms with Crippen LogP contribution in [0.25, 0.3) is 0 Å². The summed E-state index contributed by atoms with van der Waals surface area (Å²) in [5.41, 5.74) is 2.19. The lowest BCUT2D eigenvalue weighted by Gasteiger charge is -2.32. The van der Waals surface area contributed by atoms with Crippen LogP contribution in [0, 0.1) is 0 Å². The molecule has 170 valence electrons. The summed E-state index contributed by atoms with van der Waals surface area (Å²) in [4.78, 5) is 26.6. The predicted molar refractivity (Wildman–Crippen MR) is 122 cm³/mol. The summed E-state index contributed by atoms with van der Waals surface area (Å²) < 4.78 is 33.2. The highest BCUT2D eigenvalue weighted by atomic mass is 32.2. The van der Waals surface area contributed by atoms with E-state index in [0.29, 0.717) is 35.8 Å². The number of benzene rings is 2. The molecule has 0 aromatic heterocycles. The first-order valence-electron chi connectivity index (χ1n) is 11.0. The van der Waals surface area contributed by atoms with Gasteiger partial charge in [-0.25, -0.2) is 8.42 Å². The molecule has 2 aromatic carbocycles. The van der Waals surface area contributed by atoms with Crippen LogP contribution in [0.5, 0.6) is 5.75 Å². The molecule has 2 aliphatic rings. The normalized spacial score (nSPS) is 17.6. The summed E-state index contributed by atoms with van der Waals surface area (Å²) >= 11 is 0. The number of hydrogen-bond donors (Lipinski definition) is 0. The van der Waals surface area contributed by atoms with Gasteiger partial charge in [0.1, 0.15) is 5.75 Å². The van der Waals surface area contributed by atoms with Crippen molar-refractivity contribution in [3.05, 3.63) is 53.6 Å². The second-order valence-corrected chi connectivity index (χ2v) is 10.3. The lowest BCUT2D eigenvalue weighted by atomic mass is 10.0. The molecule has 1 saturated heterocycles. The van der Waals surface area contributed by atoms with Gasteiger partial charge in [-0.2, -0.15) is 4.31 Å². The van der Waals surface area contributed by atoms with E-state index in [2.05, 4.69) is 0 Å². The highest BCUT2D eigenvalue weighted by Crippen LogP contribution is 2.32. The van der Waals surface area contributed by atoms with Crippen molar-refractivity contribution in [2.75, 3.05) is 24.5 Å². The quantitative estimate of drug-likeness (QED) is 0.622. The number of carbonyl (C=O) groups is 2. The van der Waals surface area contributed by atoms with Crippen LogP contribution >= 0.6 is 0 Å². The monoisotopic (exact) mass is 456 g/mol. The topological polar surface area (TPSA) is 84.0 Å². The van der Waals surface area contributed by atoms with Gasteiger partial charge in [-0.1, -0.05) is 0 Å². The lowest BCUT2D eigenvalue weighted by molar-refractivity contribution is -0.124. The summed E-state index contributed by atoms with van der Waals surface area (Å²) in [5.74, 6) is 0.300. The molecule has 1 amide bonds. The molecule has 1 atom stereocenters. The third kappa shape index (κ3) is 4.42. The first-order chi connectivity index (χ1) is 15.3. The van der Waals surface area contributed by atoms with Crippen molar-refractivity contribution in [2.24, 2.45) is 0 Å². The van der Waals surface area contributed by atoms with E-state index in [4.69, 9.17) is 4.74 Å². The van der Waals surface area contributed by atoms with Gasteiger partial charge in [0, 0.05) is 30.9 Å². The Labute approximate surface area is 189 Å². The molecule has 0 saturated carbocycles. The van der Waals surface area contributed by atoms with E-state index in [9.17, 15) is 18.0 Å². The first kappa shape index (κ1) is 22.5. The molecule has 4 rings (SSSR count). The van der Waals surface area contributed by atoms with Gasteiger partial charge in [0.05, 0.1) is 4.90 Å². The fourth-order valence-corrected chi connectivity index (χ4v) is 5.85. The van der Waals surface area contributed by atoms with Crippen LogP contribution in [0.15, 0.2) is 47.4 Å².